The minimum absolute atomic E-state index is 0.364. The molecular weight excluding hydrogens is 386 g/mol. The van der Waals surface area contributed by atoms with Crippen LogP contribution in [0, 0.1) is 0 Å². The molecule has 0 N–H and O–H groups in total. The maximum absolute atomic E-state index is 13.4. The number of aromatic nitrogens is 2. The highest BCUT2D eigenvalue weighted by Gasteiger charge is 2.39. The maximum atomic E-state index is 13.4. The molecule has 0 saturated carbocycles. The van der Waals surface area contributed by atoms with Crippen LogP contribution in [0.15, 0.2) is 57.9 Å². The molecule has 6 nitrogen and oxygen atoms in total. The fourth-order valence-electron chi connectivity index (χ4n) is 4.36. The van der Waals surface area contributed by atoms with E-state index in [0.29, 0.717) is 29.6 Å². The monoisotopic (exact) mass is 409 g/mol. The number of hydrogen-bond donors (Lipinski definition) is 0. The van der Waals surface area contributed by atoms with Crippen LogP contribution in [0.1, 0.15) is 48.7 Å². The van der Waals surface area contributed by atoms with Gasteiger partial charge in [-0.05, 0) is 61.8 Å². The Morgan fingerprint density at radius 3 is 2.59 bits per heavy atom. The van der Waals surface area contributed by atoms with Crippen molar-refractivity contribution in [3.05, 3.63) is 65.5 Å². The SMILES string of the molecule is O=S(=O)(c1ccc2c(c1)CCCC2)N1CCCC1c1nc(-c2ccccc2)no1. The van der Waals surface area contributed by atoms with Gasteiger partial charge in [-0.1, -0.05) is 41.6 Å². The molecule has 150 valence electrons. The average Bonchev–Trinajstić information content (AvgIpc) is 3.44. The lowest BCUT2D eigenvalue weighted by molar-refractivity contribution is 0.290. The number of benzene rings is 2. The smallest absolute Gasteiger partial charge is 0.245 e. The Hall–Kier alpha value is -2.51. The first-order valence-electron chi connectivity index (χ1n) is 10.2. The normalized spacial score (nSPS) is 19.9. The van der Waals surface area contributed by atoms with Crippen LogP contribution in [-0.2, 0) is 22.9 Å². The summed E-state index contributed by atoms with van der Waals surface area (Å²) in [6.45, 7) is 0.465. The first-order chi connectivity index (χ1) is 14.1. The summed E-state index contributed by atoms with van der Waals surface area (Å²) in [6.07, 6.45) is 5.73. The molecule has 5 rings (SSSR count). The van der Waals surface area contributed by atoms with Gasteiger partial charge in [-0.25, -0.2) is 8.42 Å². The van der Waals surface area contributed by atoms with Crippen molar-refractivity contribution < 1.29 is 12.9 Å². The molecule has 2 aromatic carbocycles. The second-order valence-corrected chi connectivity index (χ2v) is 9.62. The van der Waals surface area contributed by atoms with Gasteiger partial charge in [-0.3, -0.25) is 0 Å². The number of aryl methyl sites for hydroxylation is 2. The third-order valence-electron chi connectivity index (χ3n) is 5.89. The van der Waals surface area contributed by atoms with E-state index in [1.807, 2.05) is 42.5 Å². The summed E-state index contributed by atoms with van der Waals surface area (Å²) >= 11 is 0. The Labute approximate surface area is 170 Å². The minimum atomic E-state index is -3.62. The van der Waals surface area contributed by atoms with E-state index in [2.05, 4.69) is 10.1 Å². The van der Waals surface area contributed by atoms with Gasteiger partial charge in [0.1, 0.15) is 6.04 Å². The van der Waals surface area contributed by atoms with Crippen LogP contribution < -0.4 is 0 Å². The van der Waals surface area contributed by atoms with Gasteiger partial charge in [0.15, 0.2) is 0 Å². The molecule has 0 spiro atoms. The number of rotatable bonds is 4. The maximum Gasteiger partial charge on any atom is 0.245 e. The summed E-state index contributed by atoms with van der Waals surface area (Å²) in [6, 6.07) is 14.7. The standard InChI is InChI=1S/C22H23N3O3S/c26-29(27,19-13-12-16-7-4-5-10-18(16)15-19)25-14-6-11-20(25)22-23-21(24-28-22)17-8-2-1-3-9-17/h1-3,8-9,12-13,15,20H,4-7,10-11,14H2. The highest BCUT2D eigenvalue weighted by atomic mass is 32.2. The first kappa shape index (κ1) is 18.5. The lowest BCUT2D eigenvalue weighted by atomic mass is 9.92. The molecule has 1 aromatic heterocycles. The highest BCUT2D eigenvalue weighted by molar-refractivity contribution is 7.89. The van der Waals surface area contributed by atoms with Crippen LogP contribution in [-0.4, -0.2) is 29.4 Å². The molecule has 29 heavy (non-hydrogen) atoms. The zero-order valence-corrected chi connectivity index (χ0v) is 16.9. The summed E-state index contributed by atoms with van der Waals surface area (Å²) in [5.41, 5.74) is 3.29. The van der Waals surface area contributed by atoms with Crippen molar-refractivity contribution in [3.8, 4) is 11.4 Å². The van der Waals surface area contributed by atoms with E-state index < -0.39 is 16.1 Å². The molecule has 1 unspecified atom stereocenters. The van der Waals surface area contributed by atoms with Crippen LogP contribution in [0.2, 0.25) is 0 Å². The van der Waals surface area contributed by atoms with Crippen LogP contribution in [0.3, 0.4) is 0 Å². The lowest BCUT2D eigenvalue weighted by Crippen LogP contribution is -2.31. The topological polar surface area (TPSA) is 76.3 Å². The third kappa shape index (κ3) is 3.38. The van der Waals surface area contributed by atoms with E-state index in [0.717, 1.165) is 36.8 Å². The Morgan fingerprint density at radius 2 is 1.76 bits per heavy atom. The van der Waals surface area contributed by atoms with Crippen molar-refractivity contribution >= 4 is 10.0 Å². The zero-order valence-electron chi connectivity index (χ0n) is 16.1. The summed E-state index contributed by atoms with van der Waals surface area (Å²) in [5, 5.41) is 4.07. The summed E-state index contributed by atoms with van der Waals surface area (Å²) in [4.78, 5) is 4.87. The van der Waals surface area contributed by atoms with Gasteiger partial charge >= 0.3 is 0 Å². The average molecular weight is 410 g/mol. The molecule has 1 aliphatic carbocycles. The Morgan fingerprint density at radius 1 is 0.966 bits per heavy atom. The quantitative estimate of drug-likeness (QED) is 0.647. The van der Waals surface area contributed by atoms with Gasteiger partial charge in [0, 0.05) is 12.1 Å². The molecule has 2 aliphatic rings. The fourth-order valence-corrected chi connectivity index (χ4v) is 6.06. The zero-order chi connectivity index (χ0) is 19.8. The minimum Gasteiger partial charge on any atom is -0.337 e. The summed E-state index contributed by atoms with van der Waals surface area (Å²) in [5.74, 6) is 0.849. The second kappa shape index (κ2) is 7.39. The van der Waals surface area contributed by atoms with E-state index in [9.17, 15) is 8.42 Å². The largest absolute Gasteiger partial charge is 0.337 e. The molecular formula is C22H23N3O3S. The van der Waals surface area contributed by atoms with Crippen molar-refractivity contribution in [1.29, 1.82) is 0 Å². The predicted octanol–water partition coefficient (Wildman–Crippen LogP) is 4.14. The molecule has 7 heteroatoms. The molecule has 1 fully saturated rings. The number of hydrogen-bond acceptors (Lipinski definition) is 5. The van der Waals surface area contributed by atoms with E-state index >= 15 is 0 Å². The first-order valence-corrected chi connectivity index (χ1v) is 11.6. The molecule has 0 radical (unpaired) electrons. The van der Waals surface area contributed by atoms with Gasteiger partial charge in [0.05, 0.1) is 4.90 Å². The molecule has 3 aromatic rings. The molecule has 1 aliphatic heterocycles. The predicted molar refractivity (Wildman–Crippen MR) is 109 cm³/mol. The Balaban J connectivity index is 1.45. The van der Waals surface area contributed by atoms with Crippen LogP contribution in [0.4, 0.5) is 0 Å². The third-order valence-corrected chi connectivity index (χ3v) is 7.79. The van der Waals surface area contributed by atoms with Crippen LogP contribution >= 0.6 is 0 Å². The van der Waals surface area contributed by atoms with Crippen molar-refractivity contribution in [1.82, 2.24) is 14.4 Å². The van der Waals surface area contributed by atoms with Gasteiger partial charge in [-0.2, -0.15) is 9.29 Å². The number of nitrogens with zero attached hydrogens (tertiary/aromatic N) is 3. The van der Waals surface area contributed by atoms with E-state index in [-0.39, 0.29) is 0 Å². The lowest BCUT2D eigenvalue weighted by Gasteiger charge is -2.23. The van der Waals surface area contributed by atoms with Crippen molar-refractivity contribution in [2.45, 2.75) is 49.5 Å². The molecule has 1 saturated heterocycles. The Bertz CT molecular complexity index is 1130. The van der Waals surface area contributed by atoms with Crippen molar-refractivity contribution in [3.63, 3.8) is 0 Å². The Kier molecular flexibility index (Phi) is 4.72. The van der Waals surface area contributed by atoms with Crippen LogP contribution in [0.25, 0.3) is 11.4 Å². The van der Waals surface area contributed by atoms with Crippen molar-refractivity contribution in [2.75, 3.05) is 6.54 Å². The van der Waals surface area contributed by atoms with Crippen LogP contribution in [0.5, 0.6) is 0 Å². The van der Waals surface area contributed by atoms with Crippen molar-refractivity contribution in [2.24, 2.45) is 0 Å². The fraction of sp³-hybridized carbons (Fsp3) is 0.364. The highest BCUT2D eigenvalue weighted by Crippen LogP contribution is 2.37. The molecule has 0 amide bonds. The molecule has 2 heterocycles. The van der Waals surface area contributed by atoms with Gasteiger partial charge in [0.2, 0.25) is 21.7 Å². The summed E-state index contributed by atoms with van der Waals surface area (Å²) in [7, 11) is -3.62. The second-order valence-electron chi connectivity index (χ2n) is 7.73. The van der Waals surface area contributed by atoms with E-state index in [4.69, 9.17) is 4.52 Å². The summed E-state index contributed by atoms with van der Waals surface area (Å²) < 4.78 is 33.8. The van der Waals surface area contributed by atoms with E-state index in [1.165, 1.54) is 16.3 Å². The van der Waals surface area contributed by atoms with Gasteiger partial charge in [0.25, 0.3) is 0 Å². The van der Waals surface area contributed by atoms with E-state index in [1.54, 1.807) is 6.07 Å². The van der Waals surface area contributed by atoms with Gasteiger partial charge in [-0.15, -0.1) is 0 Å². The molecule has 0 bridgehead atoms. The number of fused-ring (bicyclic) bond motifs is 1. The number of sulfonamides is 1. The molecule has 1 atom stereocenters. The van der Waals surface area contributed by atoms with Gasteiger partial charge < -0.3 is 4.52 Å².